The van der Waals surface area contributed by atoms with Gasteiger partial charge in [0.15, 0.2) is 5.76 Å². The minimum absolute atomic E-state index is 0.0551. The first-order valence-electron chi connectivity index (χ1n) is 5.64. The van der Waals surface area contributed by atoms with Gasteiger partial charge in [-0.15, -0.1) is 6.58 Å². The van der Waals surface area contributed by atoms with Crippen molar-refractivity contribution >= 4 is 22.4 Å². The van der Waals surface area contributed by atoms with Crippen molar-refractivity contribution in [1.82, 2.24) is 5.32 Å². The summed E-state index contributed by atoms with van der Waals surface area (Å²) in [5.74, 6) is -0.708. The predicted octanol–water partition coefficient (Wildman–Crippen LogP) is 1.62. The molecule has 0 aliphatic carbocycles. The number of nitro benzene ring substituents is 1. The van der Waals surface area contributed by atoms with Crippen LogP contribution in [0.25, 0.3) is 10.8 Å². The van der Waals surface area contributed by atoms with Crippen molar-refractivity contribution in [3.8, 4) is 0 Å². The van der Waals surface area contributed by atoms with Crippen molar-refractivity contribution in [2.24, 2.45) is 0 Å². The van der Waals surface area contributed by atoms with Crippen molar-refractivity contribution in [3.63, 3.8) is 0 Å². The quantitative estimate of drug-likeness (QED) is 0.518. The highest BCUT2D eigenvalue weighted by molar-refractivity contribution is 5.95. The van der Waals surface area contributed by atoms with E-state index >= 15 is 0 Å². The molecular weight excluding hydrogens is 264 g/mol. The maximum atomic E-state index is 11.8. The normalized spacial score (nSPS) is 10.2. The Kier molecular flexibility index (Phi) is 3.60. The fourth-order valence-electron chi connectivity index (χ4n) is 1.65. The molecule has 20 heavy (non-hydrogen) atoms. The molecule has 0 spiro atoms. The smallest absolute Gasteiger partial charge is 0.344 e. The predicted molar refractivity (Wildman–Crippen MR) is 71.7 cm³/mol. The van der Waals surface area contributed by atoms with Crippen molar-refractivity contribution in [1.29, 1.82) is 0 Å². The molecular formula is C13H10N2O5. The summed E-state index contributed by atoms with van der Waals surface area (Å²) >= 11 is 0. The molecule has 0 saturated carbocycles. The first kappa shape index (κ1) is 13.5. The Hall–Kier alpha value is -2.96. The Morgan fingerprint density at radius 3 is 2.85 bits per heavy atom. The standard InChI is InChI=1S/C13H10N2O5/c1-2-5-14-12(16)11-6-8-3-4-9(15(18)19)7-10(8)13(17)20-11/h2-4,6-7H,1,5H2,(H,14,16). The number of fused-ring (bicyclic) bond motifs is 1. The Morgan fingerprint density at radius 2 is 2.20 bits per heavy atom. The first-order valence-corrected chi connectivity index (χ1v) is 5.64. The molecule has 7 heteroatoms. The number of hydrogen-bond acceptors (Lipinski definition) is 5. The fraction of sp³-hybridized carbons (Fsp3) is 0.0769. The van der Waals surface area contributed by atoms with Crippen LogP contribution in [0.15, 0.2) is 46.1 Å². The van der Waals surface area contributed by atoms with Gasteiger partial charge >= 0.3 is 5.63 Å². The highest BCUT2D eigenvalue weighted by Crippen LogP contribution is 2.19. The van der Waals surface area contributed by atoms with Gasteiger partial charge in [-0.05, 0) is 17.5 Å². The molecule has 2 rings (SSSR count). The van der Waals surface area contributed by atoms with Crippen LogP contribution in [0, 0.1) is 10.1 Å². The zero-order valence-electron chi connectivity index (χ0n) is 10.3. The molecule has 7 nitrogen and oxygen atoms in total. The molecule has 0 aliphatic rings. The minimum atomic E-state index is -0.796. The van der Waals surface area contributed by atoms with Crippen LogP contribution in [-0.4, -0.2) is 17.4 Å². The van der Waals surface area contributed by atoms with Crippen LogP contribution in [-0.2, 0) is 0 Å². The SMILES string of the molecule is C=CCNC(=O)c1cc2ccc([N+](=O)[O-])cc2c(=O)o1. The second-order valence-electron chi connectivity index (χ2n) is 3.93. The van der Waals surface area contributed by atoms with Gasteiger partial charge in [-0.1, -0.05) is 6.08 Å². The van der Waals surface area contributed by atoms with E-state index in [1.807, 2.05) is 0 Å². The summed E-state index contributed by atoms with van der Waals surface area (Å²) in [6.07, 6.45) is 1.49. The summed E-state index contributed by atoms with van der Waals surface area (Å²) in [5.41, 5.74) is -1.01. The third kappa shape index (κ3) is 2.56. The van der Waals surface area contributed by atoms with Crippen LogP contribution >= 0.6 is 0 Å². The second-order valence-corrected chi connectivity index (χ2v) is 3.93. The largest absolute Gasteiger partial charge is 0.417 e. The monoisotopic (exact) mass is 274 g/mol. The molecule has 0 fully saturated rings. The third-order valence-electron chi connectivity index (χ3n) is 2.59. The van der Waals surface area contributed by atoms with E-state index in [4.69, 9.17) is 4.42 Å². The van der Waals surface area contributed by atoms with Crippen LogP contribution in [0.4, 0.5) is 5.69 Å². The fourth-order valence-corrected chi connectivity index (χ4v) is 1.65. The lowest BCUT2D eigenvalue weighted by molar-refractivity contribution is -0.384. The van der Waals surface area contributed by atoms with Gasteiger partial charge in [-0.25, -0.2) is 4.79 Å². The summed E-state index contributed by atoms with van der Waals surface area (Å²) in [7, 11) is 0. The number of nitrogens with zero attached hydrogens (tertiary/aromatic N) is 1. The van der Waals surface area contributed by atoms with Crippen molar-refractivity contribution in [2.45, 2.75) is 0 Å². The zero-order chi connectivity index (χ0) is 14.7. The van der Waals surface area contributed by atoms with Gasteiger partial charge in [-0.3, -0.25) is 14.9 Å². The number of non-ortho nitro benzene ring substituents is 1. The Morgan fingerprint density at radius 1 is 1.45 bits per heavy atom. The lowest BCUT2D eigenvalue weighted by Crippen LogP contribution is -2.24. The average molecular weight is 274 g/mol. The Labute approximate surface area is 112 Å². The number of benzene rings is 1. The third-order valence-corrected chi connectivity index (χ3v) is 2.59. The van der Waals surface area contributed by atoms with Crippen LogP contribution in [0.2, 0.25) is 0 Å². The maximum Gasteiger partial charge on any atom is 0.344 e. The van der Waals surface area contributed by atoms with Gasteiger partial charge in [0.2, 0.25) is 0 Å². The number of nitro groups is 1. The molecule has 1 N–H and O–H groups in total. The van der Waals surface area contributed by atoms with Gasteiger partial charge in [0.05, 0.1) is 10.3 Å². The lowest BCUT2D eigenvalue weighted by Gasteiger charge is -2.02. The summed E-state index contributed by atoms with van der Waals surface area (Å²) < 4.78 is 4.86. The molecule has 0 aliphatic heterocycles. The van der Waals surface area contributed by atoms with E-state index in [-0.39, 0.29) is 23.4 Å². The number of hydrogen-bond donors (Lipinski definition) is 1. The second kappa shape index (κ2) is 5.35. The summed E-state index contributed by atoms with van der Waals surface area (Å²) in [4.78, 5) is 33.5. The average Bonchev–Trinajstić information content (AvgIpc) is 2.44. The van der Waals surface area contributed by atoms with E-state index in [9.17, 15) is 19.7 Å². The molecule has 1 aromatic heterocycles. The number of carbonyl (C=O) groups excluding carboxylic acids is 1. The maximum absolute atomic E-state index is 11.8. The van der Waals surface area contributed by atoms with Crippen molar-refractivity contribution < 1.29 is 14.1 Å². The lowest BCUT2D eigenvalue weighted by atomic mass is 10.1. The molecule has 0 saturated heterocycles. The number of nitrogens with one attached hydrogen (secondary N) is 1. The van der Waals surface area contributed by atoms with Crippen LogP contribution in [0.5, 0.6) is 0 Å². The topological polar surface area (TPSA) is 102 Å². The van der Waals surface area contributed by atoms with E-state index in [2.05, 4.69) is 11.9 Å². The van der Waals surface area contributed by atoms with E-state index in [0.717, 1.165) is 6.07 Å². The van der Waals surface area contributed by atoms with Crippen LogP contribution in [0.3, 0.4) is 0 Å². The van der Waals surface area contributed by atoms with Gasteiger partial charge in [0.1, 0.15) is 0 Å². The first-order chi connectivity index (χ1) is 9.52. The van der Waals surface area contributed by atoms with Gasteiger partial charge in [0.25, 0.3) is 11.6 Å². The molecule has 1 heterocycles. The van der Waals surface area contributed by atoms with E-state index in [1.54, 1.807) is 0 Å². The van der Waals surface area contributed by atoms with Gasteiger partial charge < -0.3 is 9.73 Å². The van der Waals surface area contributed by atoms with E-state index in [1.165, 1.54) is 24.3 Å². The molecule has 102 valence electrons. The van der Waals surface area contributed by atoms with Crippen molar-refractivity contribution in [2.75, 3.05) is 6.54 Å². The highest BCUT2D eigenvalue weighted by atomic mass is 16.6. The minimum Gasteiger partial charge on any atom is -0.417 e. The van der Waals surface area contributed by atoms with Crippen molar-refractivity contribution in [3.05, 3.63) is 63.2 Å². The van der Waals surface area contributed by atoms with Gasteiger partial charge in [-0.2, -0.15) is 0 Å². The molecule has 0 unspecified atom stereocenters. The molecule has 2 aromatic rings. The summed E-state index contributed by atoms with van der Waals surface area (Å²) in [5, 5.41) is 13.6. The molecule has 1 amide bonds. The molecule has 0 radical (unpaired) electrons. The van der Waals surface area contributed by atoms with E-state index in [0.29, 0.717) is 5.39 Å². The van der Waals surface area contributed by atoms with Crippen LogP contribution < -0.4 is 10.9 Å². The van der Waals surface area contributed by atoms with Gasteiger partial charge in [0, 0.05) is 18.7 Å². The Bertz CT molecular complexity index is 763. The van der Waals surface area contributed by atoms with E-state index < -0.39 is 16.5 Å². The summed E-state index contributed by atoms with van der Waals surface area (Å²) in [6.45, 7) is 3.69. The zero-order valence-corrected chi connectivity index (χ0v) is 10.3. The molecule has 1 aromatic carbocycles. The highest BCUT2D eigenvalue weighted by Gasteiger charge is 2.14. The number of amides is 1. The Balaban J connectivity index is 2.51. The van der Waals surface area contributed by atoms with Crippen LogP contribution in [0.1, 0.15) is 10.6 Å². The number of carbonyl (C=O) groups is 1. The summed E-state index contributed by atoms with van der Waals surface area (Å²) in [6, 6.07) is 5.13. The molecule has 0 bridgehead atoms. The number of rotatable bonds is 4. The molecule has 0 atom stereocenters.